The van der Waals surface area contributed by atoms with Crippen molar-refractivity contribution in [3.05, 3.63) is 35.1 Å². The first-order valence-corrected chi connectivity index (χ1v) is 4.69. The van der Waals surface area contributed by atoms with Crippen molar-refractivity contribution in [1.29, 1.82) is 0 Å². The Kier molecular flexibility index (Phi) is 4.58. The highest BCUT2D eigenvalue weighted by Crippen LogP contribution is 2.13. The summed E-state index contributed by atoms with van der Waals surface area (Å²) in [6.45, 7) is 1.52. The van der Waals surface area contributed by atoms with Gasteiger partial charge in [-0.15, -0.1) is 0 Å². The zero-order chi connectivity index (χ0) is 11.3. The van der Waals surface area contributed by atoms with Crippen LogP contribution in [0, 0.1) is 17.5 Å². The van der Waals surface area contributed by atoms with Gasteiger partial charge in [-0.25, -0.2) is 13.2 Å². The molecule has 0 aliphatic heterocycles. The minimum atomic E-state index is -1.43. The number of halogens is 3. The lowest BCUT2D eigenvalue weighted by Crippen LogP contribution is -2.18. The van der Waals surface area contributed by atoms with E-state index in [1.807, 2.05) is 0 Å². The molecule has 0 aromatic heterocycles. The maximum absolute atomic E-state index is 12.8. The van der Waals surface area contributed by atoms with Gasteiger partial charge in [0.25, 0.3) is 0 Å². The van der Waals surface area contributed by atoms with Crippen LogP contribution in [0.1, 0.15) is 12.0 Å². The van der Waals surface area contributed by atoms with Gasteiger partial charge in [-0.1, -0.05) is 0 Å². The Morgan fingerprint density at radius 3 is 2.27 bits per heavy atom. The molecule has 15 heavy (non-hydrogen) atoms. The molecule has 0 atom stereocenters. The SMILES string of the molecule is NCCCNCc1cc(F)c(F)c(F)c1. The minimum absolute atomic E-state index is 0.300. The maximum Gasteiger partial charge on any atom is 0.194 e. The average molecular weight is 218 g/mol. The van der Waals surface area contributed by atoms with Gasteiger partial charge in [-0.3, -0.25) is 0 Å². The van der Waals surface area contributed by atoms with Crippen LogP contribution < -0.4 is 11.1 Å². The van der Waals surface area contributed by atoms with Crippen molar-refractivity contribution in [2.75, 3.05) is 13.1 Å². The van der Waals surface area contributed by atoms with E-state index in [1.54, 1.807) is 0 Å². The average Bonchev–Trinajstić information content (AvgIpc) is 2.21. The molecule has 84 valence electrons. The van der Waals surface area contributed by atoms with Crippen molar-refractivity contribution in [2.45, 2.75) is 13.0 Å². The van der Waals surface area contributed by atoms with Crippen LogP contribution >= 0.6 is 0 Å². The molecule has 0 unspecified atom stereocenters. The van der Waals surface area contributed by atoms with Crippen molar-refractivity contribution < 1.29 is 13.2 Å². The standard InChI is InChI=1S/C10H13F3N2/c11-8-4-7(5-9(12)10(8)13)6-15-3-1-2-14/h4-5,15H,1-3,6,14H2. The highest BCUT2D eigenvalue weighted by atomic mass is 19.2. The molecule has 3 N–H and O–H groups in total. The second kappa shape index (κ2) is 5.72. The summed E-state index contributed by atoms with van der Waals surface area (Å²) < 4.78 is 38.1. The summed E-state index contributed by atoms with van der Waals surface area (Å²) >= 11 is 0. The molecule has 0 aliphatic rings. The Hall–Kier alpha value is -1.07. The Morgan fingerprint density at radius 2 is 1.73 bits per heavy atom. The van der Waals surface area contributed by atoms with E-state index in [9.17, 15) is 13.2 Å². The van der Waals surface area contributed by atoms with E-state index in [0.29, 0.717) is 25.2 Å². The molecule has 0 aliphatic carbocycles. The quantitative estimate of drug-likeness (QED) is 0.581. The number of rotatable bonds is 5. The summed E-state index contributed by atoms with van der Waals surface area (Å²) in [7, 11) is 0. The summed E-state index contributed by atoms with van der Waals surface area (Å²) in [5.41, 5.74) is 5.64. The molecule has 1 aromatic rings. The molecule has 0 spiro atoms. The Balaban J connectivity index is 2.55. The molecule has 1 rings (SSSR count). The zero-order valence-electron chi connectivity index (χ0n) is 8.19. The molecule has 0 heterocycles. The van der Waals surface area contributed by atoms with E-state index in [-0.39, 0.29) is 0 Å². The van der Waals surface area contributed by atoms with E-state index in [4.69, 9.17) is 5.73 Å². The van der Waals surface area contributed by atoms with Crippen LogP contribution in [0.3, 0.4) is 0 Å². The third-order valence-electron chi connectivity index (χ3n) is 1.93. The third-order valence-corrected chi connectivity index (χ3v) is 1.93. The number of nitrogens with two attached hydrogens (primary N) is 1. The van der Waals surface area contributed by atoms with Crippen molar-refractivity contribution >= 4 is 0 Å². The van der Waals surface area contributed by atoms with Gasteiger partial charge in [0, 0.05) is 6.54 Å². The van der Waals surface area contributed by atoms with Crippen LogP contribution in [0.15, 0.2) is 12.1 Å². The van der Waals surface area contributed by atoms with Crippen LogP contribution in [-0.4, -0.2) is 13.1 Å². The van der Waals surface area contributed by atoms with Gasteiger partial charge >= 0.3 is 0 Å². The number of hydrogen-bond acceptors (Lipinski definition) is 2. The predicted molar refractivity (Wildman–Crippen MR) is 51.7 cm³/mol. The van der Waals surface area contributed by atoms with Gasteiger partial charge in [-0.2, -0.15) is 0 Å². The maximum atomic E-state index is 12.8. The molecule has 0 radical (unpaired) electrons. The van der Waals surface area contributed by atoms with Crippen LogP contribution in [0.25, 0.3) is 0 Å². The van der Waals surface area contributed by atoms with Crippen molar-refractivity contribution in [1.82, 2.24) is 5.32 Å². The van der Waals surface area contributed by atoms with Crippen molar-refractivity contribution in [2.24, 2.45) is 5.73 Å². The molecule has 0 fully saturated rings. The first kappa shape index (κ1) is 12.0. The summed E-state index contributed by atoms with van der Waals surface area (Å²) in [5, 5.41) is 2.94. The van der Waals surface area contributed by atoms with Gasteiger partial charge in [-0.05, 0) is 37.2 Å². The number of nitrogens with one attached hydrogen (secondary N) is 1. The van der Waals surface area contributed by atoms with Crippen LogP contribution in [-0.2, 0) is 6.54 Å². The molecule has 1 aromatic carbocycles. The second-order valence-corrected chi connectivity index (χ2v) is 3.19. The molecule has 0 saturated heterocycles. The predicted octanol–water partition coefficient (Wildman–Crippen LogP) is 1.54. The fourth-order valence-electron chi connectivity index (χ4n) is 1.17. The second-order valence-electron chi connectivity index (χ2n) is 3.19. The molecule has 0 bridgehead atoms. The molecular formula is C10H13F3N2. The molecule has 5 heteroatoms. The first-order valence-electron chi connectivity index (χ1n) is 4.69. The van der Waals surface area contributed by atoms with Crippen LogP contribution in [0.5, 0.6) is 0 Å². The Labute approximate surface area is 86.3 Å². The zero-order valence-corrected chi connectivity index (χ0v) is 8.19. The molecule has 2 nitrogen and oxygen atoms in total. The summed E-state index contributed by atoms with van der Waals surface area (Å²) in [6.07, 6.45) is 0.784. The molecule has 0 saturated carbocycles. The molecular weight excluding hydrogens is 205 g/mol. The minimum Gasteiger partial charge on any atom is -0.330 e. The normalized spacial score (nSPS) is 10.7. The lowest BCUT2D eigenvalue weighted by atomic mass is 10.2. The van der Waals surface area contributed by atoms with Crippen molar-refractivity contribution in [3.63, 3.8) is 0 Å². The topological polar surface area (TPSA) is 38.0 Å². The summed E-state index contributed by atoms with van der Waals surface area (Å²) in [4.78, 5) is 0. The lowest BCUT2D eigenvalue weighted by molar-refractivity contribution is 0.444. The number of benzene rings is 1. The number of hydrogen-bond donors (Lipinski definition) is 2. The smallest absolute Gasteiger partial charge is 0.194 e. The fourth-order valence-corrected chi connectivity index (χ4v) is 1.17. The lowest BCUT2D eigenvalue weighted by Gasteiger charge is -2.05. The molecule has 0 amide bonds. The highest BCUT2D eigenvalue weighted by molar-refractivity contribution is 5.19. The van der Waals surface area contributed by atoms with Gasteiger partial charge < -0.3 is 11.1 Å². The van der Waals surface area contributed by atoms with Gasteiger partial charge in [0.2, 0.25) is 0 Å². The van der Waals surface area contributed by atoms with Gasteiger partial charge in [0.1, 0.15) is 0 Å². The van der Waals surface area contributed by atoms with E-state index in [1.165, 1.54) is 0 Å². The summed E-state index contributed by atoms with van der Waals surface area (Å²) in [5.74, 6) is -3.75. The van der Waals surface area contributed by atoms with Crippen LogP contribution in [0.4, 0.5) is 13.2 Å². The Bertz CT molecular complexity index is 305. The third kappa shape index (κ3) is 3.53. The van der Waals surface area contributed by atoms with E-state index in [2.05, 4.69) is 5.32 Å². The fraction of sp³-hybridized carbons (Fsp3) is 0.400. The van der Waals surface area contributed by atoms with Gasteiger partial charge in [0.05, 0.1) is 0 Å². The summed E-state index contributed by atoms with van der Waals surface area (Å²) in [6, 6.07) is 1.96. The first-order chi connectivity index (χ1) is 7.15. The Morgan fingerprint density at radius 1 is 1.13 bits per heavy atom. The van der Waals surface area contributed by atoms with E-state index in [0.717, 1.165) is 18.6 Å². The van der Waals surface area contributed by atoms with Crippen LogP contribution in [0.2, 0.25) is 0 Å². The largest absolute Gasteiger partial charge is 0.330 e. The van der Waals surface area contributed by atoms with E-state index >= 15 is 0 Å². The monoisotopic (exact) mass is 218 g/mol. The van der Waals surface area contributed by atoms with Gasteiger partial charge in [0.15, 0.2) is 17.5 Å². The van der Waals surface area contributed by atoms with E-state index < -0.39 is 17.5 Å². The highest BCUT2D eigenvalue weighted by Gasteiger charge is 2.09. The van der Waals surface area contributed by atoms with Crippen molar-refractivity contribution in [3.8, 4) is 0 Å².